The minimum Gasteiger partial charge on any atom is -0.303 e. The predicted octanol–water partition coefficient (Wildman–Crippen LogP) is 0.847. The van der Waals surface area contributed by atoms with E-state index in [0.29, 0.717) is 5.78 Å². The Morgan fingerprint density at radius 1 is 1.21 bits per heavy atom. The molecule has 1 unspecified atom stereocenters. The maximum absolute atomic E-state index is 12.1. The highest BCUT2D eigenvalue weighted by atomic mass is 16.1. The normalized spacial score (nSPS) is 26.5. The second kappa shape index (κ2) is 3.99. The molecule has 1 atom stereocenters. The van der Waals surface area contributed by atoms with Crippen LogP contribution in [0.3, 0.4) is 0 Å². The molecule has 1 fully saturated rings. The summed E-state index contributed by atoms with van der Waals surface area (Å²) < 4.78 is 0. The summed E-state index contributed by atoms with van der Waals surface area (Å²) in [6, 6.07) is 0.0775. The molecule has 0 saturated carbocycles. The predicted molar refractivity (Wildman–Crippen MR) is 58.4 cm³/mol. The summed E-state index contributed by atoms with van der Waals surface area (Å²) in [5.74, 6) is 0.353. The van der Waals surface area contributed by atoms with Gasteiger partial charge in [0, 0.05) is 25.0 Å². The first-order valence-corrected chi connectivity index (χ1v) is 5.25. The van der Waals surface area contributed by atoms with Crippen molar-refractivity contribution in [3.63, 3.8) is 0 Å². The van der Waals surface area contributed by atoms with E-state index in [1.807, 2.05) is 27.8 Å². The van der Waals surface area contributed by atoms with Gasteiger partial charge in [0.05, 0.1) is 6.04 Å². The molecule has 14 heavy (non-hydrogen) atoms. The second-order valence-corrected chi connectivity index (χ2v) is 5.37. The molecular formula is C11H22N2O. The van der Waals surface area contributed by atoms with Crippen molar-refractivity contribution in [2.24, 2.45) is 5.41 Å². The number of hydrogen-bond donors (Lipinski definition) is 0. The molecule has 1 saturated heterocycles. The third-order valence-corrected chi connectivity index (χ3v) is 2.89. The molecule has 1 aliphatic rings. The van der Waals surface area contributed by atoms with E-state index in [0.717, 1.165) is 19.6 Å². The lowest BCUT2D eigenvalue weighted by Crippen LogP contribution is -2.55. The zero-order chi connectivity index (χ0) is 10.9. The van der Waals surface area contributed by atoms with Gasteiger partial charge >= 0.3 is 0 Å². The SMILES string of the molecule is CN1CCN(C)C(C(=O)C(C)(C)C)C1. The van der Waals surface area contributed by atoms with Crippen LogP contribution < -0.4 is 0 Å². The van der Waals surface area contributed by atoms with Gasteiger partial charge in [0.15, 0.2) is 5.78 Å². The van der Waals surface area contributed by atoms with Crippen molar-refractivity contribution in [3.8, 4) is 0 Å². The van der Waals surface area contributed by atoms with Crippen LogP contribution in [0.1, 0.15) is 20.8 Å². The van der Waals surface area contributed by atoms with E-state index >= 15 is 0 Å². The summed E-state index contributed by atoms with van der Waals surface area (Å²) in [6.45, 7) is 8.91. The van der Waals surface area contributed by atoms with Crippen LogP contribution in [-0.4, -0.2) is 55.4 Å². The van der Waals surface area contributed by atoms with Gasteiger partial charge in [0.1, 0.15) is 0 Å². The Hall–Kier alpha value is -0.410. The maximum atomic E-state index is 12.1. The quantitative estimate of drug-likeness (QED) is 0.624. The highest BCUT2D eigenvalue weighted by Gasteiger charge is 2.34. The van der Waals surface area contributed by atoms with Gasteiger partial charge in [-0.2, -0.15) is 0 Å². The summed E-state index contributed by atoms with van der Waals surface area (Å²) in [5, 5.41) is 0. The molecule has 0 aromatic carbocycles. The van der Waals surface area contributed by atoms with Crippen LogP contribution in [-0.2, 0) is 4.79 Å². The van der Waals surface area contributed by atoms with Gasteiger partial charge in [-0.1, -0.05) is 20.8 Å². The Labute approximate surface area is 87.1 Å². The molecule has 1 rings (SSSR count). The van der Waals surface area contributed by atoms with Crippen molar-refractivity contribution in [2.75, 3.05) is 33.7 Å². The van der Waals surface area contributed by atoms with E-state index < -0.39 is 0 Å². The molecule has 82 valence electrons. The largest absolute Gasteiger partial charge is 0.303 e. The van der Waals surface area contributed by atoms with Gasteiger partial charge in [-0.15, -0.1) is 0 Å². The topological polar surface area (TPSA) is 23.6 Å². The highest BCUT2D eigenvalue weighted by Crippen LogP contribution is 2.21. The first-order chi connectivity index (χ1) is 6.32. The fourth-order valence-corrected chi connectivity index (χ4v) is 1.79. The Morgan fingerprint density at radius 2 is 1.79 bits per heavy atom. The number of rotatable bonds is 1. The fraction of sp³-hybridized carbons (Fsp3) is 0.909. The monoisotopic (exact) mass is 198 g/mol. The number of nitrogens with zero attached hydrogens (tertiary/aromatic N) is 2. The molecule has 3 nitrogen and oxygen atoms in total. The Balaban J connectivity index is 2.70. The van der Waals surface area contributed by atoms with Gasteiger partial charge in [0.2, 0.25) is 0 Å². The number of carbonyl (C=O) groups excluding carboxylic acids is 1. The van der Waals surface area contributed by atoms with Crippen LogP contribution in [0.25, 0.3) is 0 Å². The minimum absolute atomic E-state index is 0.0775. The molecule has 0 N–H and O–H groups in total. The third-order valence-electron chi connectivity index (χ3n) is 2.89. The number of hydrogen-bond acceptors (Lipinski definition) is 3. The molecule has 1 aliphatic heterocycles. The molecule has 0 aromatic heterocycles. The zero-order valence-corrected chi connectivity index (χ0v) is 10.0. The highest BCUT2D eigenvalue weighted by molar-refractivity contribution is 5.89. The first kappa shape index (κ1) is 11.7. The van der Waals surface area contributed by atoms with E-state index in [1.165, 1.54) is 0 Å². The number of piperazine rings is 1. The molecular weight excluding hydrogens is 176 g/mol. The third kappa shape index (κ3) is 2.55. The molecule has 0 spiro atoms. The molecule has 0 bridgehead atoms. The summed E-state index contributed by atoms with van der Waals surface area (Å²) in [6.07, 6.45) is 0. The Bertz CT molecular complexity index is 220. The summed E-state index contributed by atoms with van der Waals surface area (Å²) in [5.41, 5.74) is -0.225. The van der Waals surface area contributed by atoms with Crippen LogP contribution >= 0.6 is 0 Å². The van der Waals surface area contributed by atoms with E-state index in [9.17, 15) is 4.79 Å². The average molecular weight is 198 g/mol. The van der Waals surface area contributed by atoms with Crippen LogP contribution in [0.5, 0.6) is 0 Å². The van der Waals surface area contributed by atoms with Crippen molar-refractivity contribution in [1.29, 1.82) is 0 Å². The van der Waals surface area contributed by atoms with Crippen LogP contribution in [0.15, 0.2) is 0 Å². The maximum Gasteiger partial charge on any atom is 0.156 e. The standard InChI is InChI=1S/C11H22N2O/c1-11(2,3)10(14)9-8-12(4)6-7-13(9)5/h9H,6-8H2,1-5H3. The van der Waals surface area contributed by atoms with E-state index in [4.69, 9.17) is 0 Å². The van der Waals surface area contributed by atoms with Crippen molar-refractivity contribution in [3.05, 3.63) is 0 Å². The van der Waals surface area contributed by atoms with Crippen molar-refractivity contribution in [2.45, 2.75) is 26.8 Å². The molecule has 0 aromatic rings. The number of carbonyl (C=O) groups is 1. The van der Waals surface area contributed by atoms with Gasteiger partial charge in [-0.05, 0) is 14.1 Å². The van der Waals surface area contributed by atoms with Crippen molar-refractivity contribution >= 4 is 5.78 Å². The van der Waals surface area contributed by atoms with E-state index in [-0.39, 0.29) is 11.5 Å². The fourth-order valence-electron chi connectivity index (χ4n) is 1.79. The molecule has 0 radical (unpaired) electrons. The summed E-state index contributed by atoms with van der Waals surface area (Å²) >= 11 is 0. The minimum atomic E-state index is -0.225. The van der Waals surface area contributed by atoms with Gasteiger partial charge in [-0.3, -0.25) is 9.69 Å². The lowest BCUT2D eigenvalue weighted by molar-refractivity contribution is -0.133. The van der Waals surface area contributed by atoms with Crippen molar-refractivity contribution in [1.82, 2.24) is 9.80 Å². The summed E-state index contributed by atoms with van der Waals surface area (Å²) in [4.78, 5) is 16.5. The van der Waals surface area contributed by atoms with Crippen LogP contribution in [0.4, 0.5) is 0 Å². The number of likely N-dealkylation sites (N-methyl/N-ethyl adjacent to an activating group) is 2. The molecule has 0 aliphatic carbocycles. The Kier molecular flexibility index (Phi) is 3.32. The molecule has 0 amide bonds. The van der Waals surface area contributed by atoms with E-state index in [1.54, 1.807) is 0 Å². The van der Waals surface area contributed by atoms with Gasteiger partial charge in [0.25, 0.3) is 0 Å². The molecule has 1 heterocycles. The lowest BCUT2D eigenvalue weighted by atomic mass is 9.85. The number of Topliss-reactive ketones (excluding diaryl/α,β-unsaturated/α-hetero) is 1. The smallest absolute Gasteiger partial charge is 0.156 e. The van der Waals surface area contributed by atoms with Gasteiger partial charge in [-0.25, -0.2) is 0 Å². The van der Waals surface area contributed by atoms with Crippen LogP contribution in [0.2, 0.25) is 0 Å². The first-order valence-electron chi connectivity index (χ1n) is 5.25. The van der Waals surface area contributed by atoms with Crippen LogP contribution in [0, 0.1) is 5.41 Å². The lowest BCUT2D eigenvalue weighted by Gasteiger charge is -2.39. The van der Waals surface area contributed by atoms with E-state index in [2.05, 4.69) is 16.8 Å². The second-order valence-electron chi connectivity index (χ2n) is 5.37. The number of ketones is 1. The average Bonchev–Trinajstić information content (AvgIpc) is 2.06. The molecule has 3 heteroatoms. The zero-order valence-electron chi connectivity index (χ0n) is 10.0. The Morgan fingerprint density at radius 3 is 2.29 bits per heavy atom. The summed E-state index contributed by atoms with van der Waals surface area (Å²) in [7, 11) is 4.12. The van der Waals surface area contributed by atoms with Crippen molar-refractivity contribution < 1.29 is 4.79 Å². The van der Waals surface area contributed by atoms with Gasteiger partial charge < -0.3 is 4.90 Å².